The van der Waals surface area contributed by atoms with Crippen molar-refractivity contribution in [1.82, 2.24) is 9.97 Å². The number of nitro groups is 1. The van der Waals surface area contributed by atoms with Gasteiger partial charge in [0, 0.05) is 5.75 Å². The Morgan fingerprint density at radius 2 is 1.45 bits per heavy atom. The average molecular weight is 325 g/mol. The number of hydrogen-bond acceptors (Lipinski definition) is 5. The molecule has 6 heteroatoms. The molecule has 0 spiro atoms. The van der Waals surface area contributed by atoms with Crippen LogP contribution >= 0.6 is 11.8 Å². The Morgan fingerprint density at radius 1 is 0.955 bits per heavy atom. The van der Waals surface area contributed by atoms with Gasteiger partial charge in [-0.3, -0.25) is 10.1 Å². The maximum absolute atomic E-state index is 10.5. The van der Waals surface area contributed by atoms with E-state index in [1.54, 1.807) is 11.8 Å². The second-order valence-electron chi connectivity index (χ2n) is 5.51. The quantitative estimate of drug-likeness (QED) is 0.160. The summed E-state index contributed by atoms with van der Waals surface area (Å²) in [6.07, 6.45) is 15.8. The predicted octanol–water partition coefficient (Wildman–Crippen LogP) is 5.40. The highest BCUT2D eigenvalue weighted by Crippen LogP contribution is 2.17. The van der Waals surface area contributed by atoms with E-state index in [2.05, 4.69) is 16.9 Å². The number of rotatable bonds is 13. The molecule has 0 fully saturated rings. The molecule has 1 rings (SSSR count). The van der Waals surface area contributed by atoms with Gasteiger partial charge in [-0.05, 0) is 6.42 Å². The minimum atomic E-state index is -0.475. The lowest BCUT2D eigenvalue weighted by Gasteiger charge is -2.02. The van der Waals surface area contributed by atoms with Crippen molar-refractivity contribution >= 4 is 17.4 Å². The fourth-order valence-corrected chi connectivity index (χ4v) is 3.02. The van der Waals surface area contributed by atoms with Gasteiger partial charge in [0.2, 0.25) is 0 Å². The van der Waals surface area contributed by atoms with E-state index >= 15 is 0 Å². The van der Waals surface area contributed by atoms with Gasteiger partial charge >= 0.3 is 5.69 Å². The Hall–Kier alpha value is -1.17. The molecule has 0 atom stereocenters. The van der Waals surface area contributed by atoms with Crippen molar-refractivity contribution in [3.63, 3.8) is 0 Å². The molecule has 1 heterocycles. The van der Waals surface area contributed by atoms with Gasteiger partial charge in [0.25, 0.3) is 0 Å². The number of nitrogens with zero attached hydrogens (tertiary/aromatic N) is 3. The van der Waals surface area contributed by atoms with Crippen molar-refractivity contribution < 1.29 is 4.92 Å². The average Bonchev–Trinajstić information content (AvgIpc) is 2.53. The van der Waals surface area contributed by atoms with Crippen LogP contribution in [0.3, 0.4) is 0 Å². The first-order valence-corrected chi connectivity index (χ1v) is 9.32. The van der Waals surface area contributed by atoms with E-state index in [1.807, 2.05) is 0 Å². The molecule has 0 N–H and O–H groups in total. The molecular formula is C16H27N3O2S. The summed E-state index contributed by atoms with van der Waals surface area (Å²) in [4.78, 5) is 18.0. The van der Waals surface area contributed by atoms with Crippen LogP contribution in [0.15, 0.2) is 17.6 Å². The highest BCUT2D eigenvalue weighted by Gasteiger charge is 2.06. The molecule has 1 aromatic heterocycles. The van der Waals surface area contributed by atoms with Crippen LogP contribution in [0.1, 0.15) is 71.1 Å². The fourth-order valence-electron chi connectivity index (χ4n) is 2.23. The second-order valence-corrected chi connectivity index (χ2v) is 6.57. The Morgan fingerprint density at radius 3 is 1.95 bits per heavy atom. The summed E-state index contributed by atoms with van der Waals surface area (Å²) in [5.41, 5.74) is -0.0525. The molecule has 0 aromatic carbocycles. The van der Waals surface area contributed by atoms with Crippen molar-refractivity contribution in [1.29, 1.82) is 0 Å². The highest BCUT2D eigenvalue weighted by atomic mass is 32.2. The van der Waals surface area contributed by atoms with E-state index in [9.17, 15) is 10.1 Å². The van der Waals surface area contributed by atoms with Crippen LogP contribution in [0.25, 0.3) is 0 Å². The number of aromatic nitrogens is 2. The van der Waals surface area contributed by atoms with Gasteiger partial charge in [0.05, 0.1) is 4.92 Å². The normalized spacial score (nSPS) is 10.8. The molecule has 5 nitrogen and oxygen atoms in total. The smallest absolute Gasteiger partial charge is 0.258 e. The standard InChI is InChI=1S/C16H27N3O2S/c1-2-3-4-5-6-7-8-9-10-11-12-22-16-17-13-15(14-18-16)19(20)21/h13-14H,2-12H2,1H3. The maximum atomic E-state index is 10.5. The lowest BCUT2D eigenvalue weighted by molar-refractivity contribution is -0.385. The SMILES string of the molecule is CCCCCCCCCCCCSc1ncc([N+](=O)[O-])cn1. The summed E-state index contributed by atoms with van der Waals surface area (Å²) < 4.78 is 0. The Kier molecular flexibility index (Phi) is 10.6. The summed E-state index contributed by atoms with van der Waals surface area (Å²) >= 11 is 1.57. The van der Waals surface area contributed by atoms with Crippen molar-refractivity contribution in [3.05, 3.63) is 22.5 Å². The molecule has 1 aromatic rings. The third-order valence-corrected chi connectivity index (χ3v) is 4.52. The van der Waals surface area contributed by atoms with E-state index < -0.39 is 4.92 Å². The minimum Gasteiger partial charge on any atom is -0.258 e. The van der Waals surface area contributed by atoms with Gasteiger partial charge < -0.3 is 0 Å². The molecule has 0 unspecified atom stereocenters. The first kappa shape index (κ1) is 18.9. The number of hydrogen-bond donors (Lipinski definition) is 0. The molecule has 0 saturated heterocycles. The van der Waals surface area contributed by atoms with E-state index in [0.29, 0.717) is 5.16 Å². The molecule has 124 valence electrons. The first-order chi connectivity index (χ1) is 10.7. The summed E-state index contributed by atoms with van der Waals surface area (Å²) in [5, 5.41) is 11.1. The van der Waals surface area contributed by atoms with Gasteiger partial charge in [0.15, 0.2) is 5.16 Å². The molecule has 0 amide bonds. The van der Waals surface area contributed by atoms with E-state index in [0.717, 1.165) is 12.2 Å². The van der Waals surface area contributed by atoms with Crippen molar-refractivity contribution in [3.8, 4) is 0 Å². The first-order valence-electron chi connectivity index (χ1n) is 8.33. The molecule has 0 saturated carbocycles. The summed E-state index contributed by atoms with van der Waals surface area (Å²) in [6.45, 7) is 2.25. The zero-order chi connectivity index (χ0) is 16.0. The molecule has 0 radical (unpaired) electrons. The lowest BCUT2D eigenvalue weighted by atomic mass is 10.1. The van der Waals surface area contributed by atoms with Gasteiger partial charge in [-0.25, -0.2) is 9.97 Å². The van der Waals surface area contributed by atoms with Gasteiger partial charge in [-0.1, -0.05) is 76.5 Å². The molecular weight excluding hydrogens is 298 g/mol. The zero-order valence-corrected chi connectivity index (χ0v) is 14.3. The monoisotopic (exact) mass is 325 g/mol. The summed E-state index contributed by atoms with van der Waals surface area (Å²) in [5.74, 6) is 0.980. The molecule has 0 aliphatic rings. The molecule has 0 aliphatic heterocycles. The van der Waals surface area contributed by atoms with Crippen LogP contribution in [0.5, 0.6) is 0 Å². The van der Waals surface area contributed by atoms with Crippen molar-refractivity contribution in [2.45, 2.75) is 76.3 Å². The second kappa shape index (κ2) is 12.4. The largest absolute Gasteiger partial charge is 0.305 e. The van der Waals surface area contributed by atoms with E-state index in [-0.39, 0.29) is 5.69 Å². The molecule has 0 aliphatic carbocycles. The Balaban J connectivity index is 1.94. The van der Waals surface area contributed by atoms with Gasteiger partial charge in [0.1, 0.15) is 12.4 Å². The van der Waals surface area contributed by atoms with Gasteiger partial charge in [-0.15, -0.1) is 0 Å². The third-order valence-electron chi connectivity index (χ3n) is 3.55. The van der Waals surface area contributed by atoms with Crippen molar-refractivity contribution in [2.24, 2.45) is 0 Å². The van der Waals surface area contributed by atoms with Crippen LogP contribution in [-0.2, 0) is 0 Å². The zero-order valence-electron chi connectivity index (χ0n) is 13.5. The summed E-state index contributed by atoms with van der Waals surface area (Å²) in [6, 6.07) is 0. The molecule has 0 bridgehead atoms. The topological polar surface area (TPSA) is 68.9 Å². The highest BCUT2D eigenvalue weighted by molar-refractivity contribution is 7.99. The van der Waals surface area contributed by atoms with Crippen LogP contribution in [0.4, 0.5) is 5.69 Å². The van der Waals surface area contributed by atoms with Crippen LogP contribution in [0.2, 0.25) is 0 Å². The summed E-state index contributed by atoms with van der Waals surface area (Å²) in [7, 11) is 0. The van der Waals surface area contributed by atoms with E-state index in [4.69, 9.17) is 0 Å². The van der Waals surface area contributed by atoms with Crippen LogP contribution in [0, 0.1) is 10.1 Å². The lowest BCUT2D eigenvalue weighted by Crippen LogP contribution is -1.93. The van der Waals surface area contributed by atoms with Crippen LogP contribution < -0.4 is 0 Å². The number of thioether (sulfide) groups is 1. The Bertz CT molecular complexity index is 412. The predicted molar refractivity (Wildman–Crippen MR) is 91.3 cm³/mol. The third kappa shape index (κ3) is 8.97. The van der Waals surface area contributed by atoms with Gasteiger partial charge in [-0.2, -0.15) is 0 Å². The Labute approximate surface area is 137 Å². The van der Waals surface area contributed by atoms with Crippen molar-refractivity contribution in [2.75, 3.05) is 5.75 Å². The maximum Gasteiger partial charge on any atom is 0.305 e. The van der Waals surface area contributed by atoms with Crippen LogP contribution in [-0.4, -0.2) is 20.6 Å². The fraction of sp³-hybridized carbons (Fsp3) is 0.750. The molecule has 22 heavy (non-hydrogen) atoms. The minimum absolute atomic E-state index is 0.0525. The van der Waals surface area contributed by atoms with E-state index in [1.165, 1.54) is 70.2 Å². The number of unbranched alkanes of at least 4 members (excludes halogenated alkanes) is 9.